The second-order valence-electron chi connectivity index (χ2n) is 4.11. The topological polar surface area (TPSA) is 76.4 Å². The standard InChI is InChI=1S/C11H9BrN4O2/c12-7-2-3-8(16-10(7)13-5-14-16)6-1-4-9(17)15-11(6)18/h2-3,5-6H,1,4H2,(H,15,17,18). The molecule has 0 saturated carbocycles. The van der Waals surface area contributed by atoms with E-state index in [0.717, 1.165) is 10.2 Å². The fraction of sp³-hybridized carbons (Fsp3) is 0.273. The number of nitrogens with zero attached hydrogens (tertiary/aromatic N) is 3. The van der Waals surface area contributed by atoms with Crippen LogP contribution in [0.4, 0.5) is 0 Å². The summed E-state index contributed by atoms with van der Waals surface area (Å²) in [6.07, 6.45) is 2.29. The molecule has 2 amide bonds. The van der Waals surface area contributed by atoms with Gasteiger partial charge in [0.2, 0.25) is 11.8 Å². The Morgan fingerprint density at radius 3 is 3.00 bits per heavy atom. The highest BCUT2D eigenvalue weighted by Crippen LogP contribution is 2.27. The van der Waals surface area contributed by atoms with Gasteiger partial charge in [0.05, 0.1) is 16.1 Å². The lowest BCUT2D eigenvalue weighted by Crippen LogP contribution is -2.40. The molecule has 1 aliphatic heterocycles. The second kappa shape index (κ2) is 4.16. The van der Waals surface area contributed by atoms with Crippen LogP contribution < -0.4 is 5.32 Å². The van der Waals surface area contributed by atoms with Crippen LogP contribution in [0.3, 0.4) is 0 Å². The van der Waals surface area contributed by atoms with Crippen molar-refractivity contribution in [2.45, 2.75) is 18.8 Å². The maximum Gasteiger partial charge on any atom is 0.235 e. The molecule has 0 radical (unpaired) electrons. The van der Waals surface area contributed by atoms with E-state index in [9.17, 15) is 9.59 Å². The van der Waals surface area contributed by atoms with E-state index in [2.05, 4.69) is 31.3 Å². The molecule has 2 aromatic heterocycles. The Bertz CT molecular complexity index is 652. The van der Waals surface area contributed by atoms with Crippen LogP contribution in [0.25, 0.3) is 5.65 Å². The number of halogens is 1. The zero-order chi connectivity index (χ0) is 12.7. The third-order valence-electron chi connectivity index (χ3n) is 3.00. The monoisotopic (exact) mass is 308 g/mol. The molecule has 1 aliphatic rings. The Labute approximate surface area is 111 Å². The fourth-order valence-electron chi connectivity index (χ4n) is 2.14. The molecule has 0 spiro atoms. The molecule has 2 aromatic rings. The second-order valence-corrected chi connectivity index (χ2v) is 4.96. The van der Waals surface area contributed by atoms with E-state index in [1.54, 1.807) is 4.52 Å². The number of pyridine rings is 1. The van der Waals surface area contributed by atoms with E-state index < -0.39 is 0 Å². The van der Waals surface area contributed by atoms with Crippen LogP contribution in [0.2, 0.25) is 0 Å². The van der Waals surface area contributed by atoms with Crippen molar-refractivity contribution < 1.29 is 9.59 Å². The van der Waals surface area contributed by atoms with Gasteiger partial charge in [-0.05, 0) is 34.5 Å². The summed E-state index contributed by atoms with van der Waals surface area (Å²) in [5.41, 5.74) is 1.41. The summed E-state index contributed by atoms with van der Waals surface area (Å²) < 4.78 is 2.44. The van der Waals surface area contributed by atoms with Gasteiger partial charge in [-0.3, -0.25) is 14.9 Å². The maximum atomic E-state index is 11.9. The Hall–Kier alpha value is -1.76. The summed E-state index contributed by atoms with van der Waals surface area (Å²) in [6.45, 7) is 0. The summed E-state index contributed by atoms with van der Waals surface area (Å²) in [5.74, 6) is -0.853. The Morgan fingerprint density at radius 2 is 2.22 bits per heavy atom. The molecule has 3 heterocycles. The molecule has 92 valence electrons. The highest BCUT2D eigenvalue weighted by molar-refractivity contribution is 9.10. The Morgan fingerprint density at radius 1 is 1.39 bits per heavy atom. The number of piperidine rings is 1. The maximum absolute atomic E-state index is 11.9. The summed E-state index contributed by atoms with van der Waals surface area (Å²) >= 11 is 3.38. The van der Waals surface area contributed by atoms with Crippen molar-refractivity contribution in [2.75, 3.05) is 0 Å². The smallest absolute Gasteiger partial charge is 0.235 e. The van der Waals surface area contributed by atoms with Crippen molar-refractivity contribution >= 4 is 33.4 Å². The molecular formula is C11H9BrN4O2. The minimum atomic E-state index is -0.361. The summed E-state index contributed by atoms with van der Waals surface area (Å²) in [7, 11) is 0. The number of hydrogen-bond donors (Lipinski definition) is 1. The molecule has 6 nitrogen and oxygen atoms in total. The van der Waals surface area contributed by atoms with E-state index in [1.807, 2.05) is 12.1 Å². The number of amides is 2. The van der Waals surface area contributed by atoms with Gasteiger partial charge >= 0.3 is 0 Å². The highest BCUT2D eigenvalue weighted by atomic mass is 79.9. The number of nitrogens with one attached hydrogen (secondary N) is 1. The zero-order valence-electron chi connectivity index (χ0n) is 9.26. The number of aromatic nitrogens is 3. The molecule has 1 saturated heterocycles. The van der Waals surface area contributed by atoms with Crippen LogP contribution in [-0.4, -0.2) is 26.4 Å². The minimum absolute atomic E-state index is 0.219. The zero-order valence-corrected chi connectivity index (χ0v) is 10.8. The molecule has 1 fully saturated rings. The first kappa shape index (κ1) is 11.3. The average molecular weight is 309 g/mol. The minimum Gasteiger partial charge on any atom is -0.296 e. The molecule has 18 heavy (non-hydrogen) atoms. The first-order chi connectivity index (χ1) is 8.66. The van der Waals surface area contributed by atoms with Gasteiger partial charge in [0.1, 0.15) is 6.33 Å². The van der Waals surface area contributed by atoms with E-state index in [-0.39, 0.29) is 17.7 Å². The van der Waals surface area contributed by atoms with E-state index in [4.69, 9.17) is 0 Å². The van der Waals surface area contributed by atoms with Crippen molar-refractivity contribution in [1.29, 1.82) is 0 Å². The molecule has 3 rings (SSSR count). The lowest BCUT2D eigenvalue weighted by atomic mass is 9.94. The van der Waals surface area contributed by atoms with Crippen molar-refractivity contribution in [3.8, 4) is 0 Å². The molecule has 0 aliphatic carbocycles. The summed E-state index contributed by atoms with van der Waals surface area (Å²) in [4.78, 5) is 27.1. The van der Waals surface area contributed by atoms with Crippen LogP contribution in [0, 0.1) is 0 Å². The number of hydrogen-bond acceptors (Lipinski definition) is 4. The van der Waals surface area contributed by atoms with Gasteiger partial charge in [0, 0.05) is 6.42 Å². The summed E-state index contributed by atoms with van der Waals surface area (Å²) in [5, 5.41) is 6.47. The normalized spacial score (nSPS) is 20.2. The third kappa shape index (κ3) is 1.71. The van der Waals surface area contributed by atoms with Crippen LogP contribution >= 0.6 is 15.9 Å². The van der Waals surface area contributed by atoms with Crippen molar-refractivity contribution in [2.24, 2.45) is 0 Å². The van der Waals surface area contributed by atoms with Crippen molar-refractivity contribution in [1.82, 2.24) is 19.9 Å². The van der Waals surface area contributed by atoms with Crippen LogP contribution in [0.1, 0.15) is 24.5 Å². The summed E-state index contributed by atoms with van der Waals surface area (Å²) in [6, 6.07) is 3.66. The average Bonchev–Trinajstić information content (AvgIpc) is 2.81. The Balaban J connectivity index is 2.09. The van der Waals surface area contributed by atoms with Gasteiger partial charge in [-0.1, -0.05) is 0 Å². The number of fused-ring (bicyclic) bond motifs is 1. The number of rotatable bonds is 1. The predicted molar refractivity (Wildman–Crippen MR) is 65.8 cm³/mol. The van der Waals surface area contributed by atoms with Gasteiger partial charge in [0.25, 0.3) is 0 Å². The van der Waals surface area contributed by atoms with E-state index in [0.29, 0.717) is 18.5 Å². The fourth-order valence-corrected chi connectivity index (χ4v) is 2.54. The van der Waals surface area contributed by atoms with Crippen molar-refractivity contribution in [3.63, 3.8) is 0 Å². The molecular weight excluding hydrogens is 300 g/mol. The number of carbonyl (C=O) groups excluding carboxylic acids is 2. The number of carbonyl (C=O) groups is 2. The van der Waals surface area contributed by atoms with Crippen molar-refractivity contribution in [3.05, 3.63) is 28.6 Å². The van der Waals surface area contributed by atoms with Gasteiger partial charge < -0.3 is 0 Å². The van der Waals surface area contributed by atoms with E-state index >= 15 is 0 Å². The largest absolute Gasteiger partial charge is 0.296 e. The molecule has 7 heteroatoms. The quantitative estimate of drug-likeness (QED) is 0.798. The van der Waals surface area contributed by atoms with Crippen LogP contribution in [-0.2, 0) is 9.59 Å². The first-order valence-electron chi connectivity index (χ1n) is 5.48. The number of imide groups is 1. The van der Waals surface area contributed by atoms with Gasteiger partial charge in [-0.25, -0.2) is 9.50 Å². The van der Waals surface area contributed by atoms with Gasteiger partial charge in [-0.15, -0.1) is 0 Å². The SMILES string of the molecule is O=C1CCC(c2ccc(Br)c3ncnn23)C(=O)N1. The molecule has 1 atom stereocenters. The van der Waals surface area contributed by atoms with E-state index in [1.165, 1.54) is 6.33 Å². The molecule has 0 aromatic carbocycles. The van der Waals surface area contributed by atoms with Gasteiger partial charge in [-0.2, -0.15) is 5.10 Å². The first-order valence-corrected chi connectivity index (χ1v) is 6.28. The van der Waals surface area contributed by atoms with Crippen LogP contribution in [0.15, 0.2) is 22.9 Å². The molecule has 1 unspecified atom stereocenters. The predicted octanol–water partition coefficient (Wildman–Crippen LogP) is 1.01. The van der Waals surface area contributed by atoms with Gasteiger partial charge in [0.15, 0.2) is 5.65 Å². The Kier molecular flexibility index (Phi) is 2.62. The molecule has 0 bridgehead atoms. The third-order valence-corrected chi connectivity index (χ3v) is 3.62. The highest BCUT2D eigenvalue weighted by Gasteiger charge is 2.30. The molecule has 1 N–H and O–H groups in total. The lowest BCUT2D eigenvalue weighted by molar-refractivity contribution is -0.134. The lowest BCUT2D eigenvalue weighted by Gasteiger charge is -2.21. The van der Waals surface area contributed by atoms with Crippen LogP contribution in [0.5, 0.6) is 0 Å².